The highest BCUT2D eigenvalue weighted by molar-refractivity contribution is 7.18. The van der Waals surface area contributed by atoms with Crippen LogP contribution in [0.3, 0.4) is 0 Å². The van der Waals surface area contributed by atoms with Crippen molar-refractivity contribution in [2.75, 3.05) is 5.32 Å². The Kier molecular flexibility index (Phi) is 4.74. The van der Waals surface area contributed by atoms with Gasteiger partial charge < -0.3 is 5.32 Å². The molecule has 0 spiro atoms. The maximum absolute atomic E-state index is 13.0. The average Bonchev–Trinajstić information content (AvgIpc) is 3.02. The normalized spacial score (nSPS) is 16.8. The van der Waals surface area contributed by atoms with E-state index in [1.165, 1.54) is 4.88 Å². The SMILES string of the molecule is CC(C)(C)C1CCc2c(sc3nnn(CC(=O)Nc4ccccn4)c(=O)c23)C1. The molecule has 1 N–H and O–H groups in total. The highest BCUT2D eigenvalue weighted by Gasteiger charge is 2.32. The van der Waals surface area contributed by atoms with E-state index in [0.717, 1.165) is 29.5 Å². The number of carbonyl (C=O) groups is 1. The third-order valence-electron chi connectivity index (χ3n) is 5.39. The number of aryl methyl sites for hydroxylation is 1. The molecule has 0 aromatic carbocycles. The van der Waals surface area contributed by atoms with Crippen molar-refractivity contribution in [3.05, 3.63) is 45.2 Å². The Morgan fingerprint density at radius 3 is 2.89 bits per heavy atom. The monoisotopic (exact) mass is 397 g/mol. The molecular formula is C20H23N5O2S. The van der Waals surface area contributed by atoms with Crippen molar-refractivity contribution in [2.45, 2.75) is 46.6 Å². The summed E-state index contributed by atoms with van der Waals surface area (Å²) in [6, 6.07) is 5.24. The summed E-state index contributed by atoms with van der Waals surface area (Å²) in [6.07, 6.45) is 4.50. The van der Waals surface area contributed by atoms with Gasteiger partial charge in [-0.2, -0.15) is 0 Å². The molecule has 1 aliphatic rings. The Morgan fingerprint density at radius 1 is 1.36 bits per heavy atom. The lowest BCUT2D eigenvalue weighted by Crippen LogP contribution is -2.31. The largest absolute Gasteiger partial charge is 0.309 e. The van der Waals surface area contributed by atoms with E-state index in [1.54, 1.807) is 35.7 Å². The second-order valence-electron chi connectivity index (χ2n) is 8.31. The van der Waals surface area contributed by atoms with Crippen LogP contribution in [0.5, 0.6) is 0 Å². The molecule has 1 aliphatic carbocycles. The standard InChI is InChI=1S/C20H23N5O2S/c1-20(2,3)12-7-8-13-14(10-12)28-18-17(13)19(27)25(24-23-18)11-16(26)22-15-6-4-5-9-21-15/h4-6,9,12H,7-8,10-11H2,1-3H3,(H,21,22,26). The molecule has 0 fully saturated rings. The second-order valence-corrected chi connectivity index (χ2v) is 9.39. The van der Waals surface area contributed by atoms with Crippen molar-refractivity contribution < 1.29 is 4.79 Å². The van der Waals surface area contributed by atoms with Gasteiger partial charge in [0.25, 0.3) is 5.56 Å². The summed E-state index contributed by atoms with van der Waals surface area (Å²) in [6.45, 7) is 6.61. The summed E-state index contributed by atoms with van der Waals surface area (Å²) in [4.78, 5) is 31.2. The first-order valence-corrected chi connectivity index (χ1v) is 10.2. The molecule has 0 bridgehead atoms. The Labute approximate surface area is 166 Å². The van der Waals surface area contributed by atoms with Gasteiger partial charge in [0.2, 0.25) is 5.91 Å². The zero-order chi connectivity index (χ0) is 19.9. The molecule has 146 valence electrons. The molecule has 3 heterocycles. The molecule has 1 amide bonds. The van der Waals surface area contributed by atoms with Gasteiger partial charge in [-0.1, -0.05) is 32.1 Å². The van der Waals surface area contributed by atoms with Crippen LogP contribution in [0.1, 0.15) is 37.6 Å². The van der Waals surface area contributed by atoms with E-state index >= 15 is 0 Å². The van der Waals surface area contributed by atoms with Crippen molar-refractivity contribution in [1.82, 2.24) is 20.0 Å². The topological polar surface area (TPSA) is 89.8 Å². The molecule has 7 nitrogen and oxygen atoms in total. The lowest BCUT2D eigenvalue weighted by molar-refractivity contribution is -0.117. The van der Waals surface area contributed by atoms with E-state index in [1.807, 2.05) is 0 Å². The van der Waals surface area contributed by atoms with Crippen LogP contribution in [0, 0.1) is 11.3 Å². The lowest BCUT2D eigenvalue weighted by atomic mass is 9.72. The number of anilines is 1. The van der Waals surface area contributed by atoms with Crippen LogP contribution in [0.15, 0.2) is 29.2 Å². The number of pyridine rings is 1. The maximum atomic E-state index is 13.0. The first kappa shape index (κ1) is 18.7. The first-order chi connectivity index (χ1) is 13.3. The summed E-state index contributed by atoms with van der Waals surface area (Å²) in [5, 5.41) is 11.5. The van der Waals surface area contributed by atoms with Crippen LogP contribution < -0.4 is 10.9 Å². The Morgan fingerprint density at radius 2 is 2.18 bits per heavy atom. The molecule has 0 saturated heterocycles. The quantitative estimate of drug-likeness (QED) is 0.734. The van der Waals surface area contributed by atoms with E-state index in [4.69, 9.17) is 0 Å². The molecule has 8 heteroatoms. The molecule has 1 unspecified atom stereocenters. The van der Waals surface area contributed by atoms with Gasteiger partial charge >= 0.3 is 0 Å². The van der Waals surface area contributed by atoms with Gasteiger partial charge in [-0.05, 0) is 48.3 Å². The fourth-order valence-electron chi connectivity index (χ4n) is 3.72. The number of aromatic nitrogens is 4. The number of fused-ring (bicyclic) bond motifs is 3. The van der Waals surface area contributed by atoms with E-state index in [2.05, 4.69) is 41.4 Å². The molecular weight excluding hydrogens is 374 g/mol. The number of nitrogens with one attached hydrogen (secondary N) is 1. The molecule has 0 saturated carbocycles. The molecule has 4 rings (SSSR count). The number of hydrogen-bond donors (Lipinski definition) is 1. The van der Waals surface area contributed by atoms with Crippen LogP contribution in [0.25, 0.3) is 10.2 Å². The summed E-state index contributed by atoms with van der Waals surface area (Å²) < 4.78 is 1.14. The van der Waals surface area contributed by atoms with Gasteiger partial charge in [-0.25, -0.2) is 9.67 Å². The van der Waals surface area contributed by atoms with Gasteiger partial charge in [-0.3, -0.25) is 9.59 Å². The Balaban J connectivity index is 1.61. The van der Waals surface area contributed by atoms with Crippen molar-refractivity contribution in [1.29, 1.82) is 0 Å². The molecule has 28 heavy (non-hydrogen) atoms. The zero-order valence-corrected chi connectivity index (χ0v) is 17.0. The second kappa shape index (κ2) is 7.09. The number of nitrogens with zero attached hydrogens (tertiary/aromatic N) is 4. The average molecular weight is 398 g/mol. The summed E-state index contributed by atoms with van der Waals surface area (Å²) in [7, 11) is 0. The number of amides is 1. The third-order valence-corrected chi connectivity index (χ3v) is 6.53. The number of carbonyl (C=O) groups excluding carboxylic acids is 1. The van der Waals surface area contributed by atoms with E-state index in [9.17, 15) is 9.59 Å². The van der Waals surface area contributed by atoms with Crippen LogP contribution in [-0.2, 0) is 24.2 Å². The minimum atomic E-state index is -0.355. The minimum Gasteiger partial charge on any atom is -0.309 e. The highest BCUT2D eigenvalue weighted by atomic mass is 32.1. The van der Waals surface area contributed by atoms with Crippen molar-refractivity contribution in [2.24, 2.45) is 11.3 Å². The smallest absolute Gasteiger partial charge is 0.279 e. The van der Waals surface area contributed by atoms with Gasteiger partial charge in [0.15, 0.2) is 4.83 Å². The number of hydrogen-bond acceptors (Lipinski definition) is 6. The zero-order valence-electron chi connectivity index (χ0n) is 16.2. The molecule has 3 aromatic rings. The van der Waals surface area contributed by atoms with Gasteiger partial charge in [0.05, 0.1) is 5.39 Å². The van der Waals surface area contributed by atoms with E-state index < -0.39 is 0 Å². The fraction of sp³-hybridized carbons (Fsp3) is 0.450. The maximum Gasteiger partial charge on any atom is 0.279 e. The highest BCUT2D eigenvalue weighted by Crippen LogP contribution is 2.41. The Bertz CT molecular complexity index is 1080. The van der Waals surface area contributed by atoms with Crippen molar-refractivity contribution in [3.63, 3.8) is 0 Å². The minimum absolute atomic E-state index is 0.187. The lowest BCUT2D eigenvalue weighted by Gasteiger charge is -2.33. The predicted octanol–water partition coefficient (Wildman–Crippen LogP) is 3.04. The summed E-state index contributed by atoms with van der Waals surface area (Å²) in [5.74, 6) is 0.675. The third kappa shape index (κ3) is 3.56. The summed E-state index contributed by atoms with van der Waals surface area (Å²) in [5.41, 5.74) is 1.09. The summed E-state index contributed by atoms with van der Waals surface area (Å²) >= 11 is 1.57. The van der Waals surface area contributed by atoms with Crippen molar-refractivity contribution in [3.8, 4) is 0 Å². The van der Waals surface area contributed by atoms with Crippen molar-refractivity contribution >= 4 is 33.3 Å². The molecule has 0 aliphatic heterocycles. The molecule has 0 radical (unpaired) electrons. The fourth-order valence-corrected chi connectivity index (χ4v) is 4.96. The number of thiophene rings is 1. The first-order valence-electron chi connectivity index (χ1n) is 9.42. The molecule has 1 atom stereocenters. The Hall–Kier alpha value is -2.61. The van der Waals surface area contributed by atoms with Gasteiger partial charge in [-0.15, -0.1) is 16.4 Å². The van der Waals surface area contributed by atoms with Crippen LogP contribution in [0.2, 0.25) is 0 Å². The predicted molar refractivity (Wildman–Crippen MR) is 110 cm³/mol. The van der Waals surface area contributed by atoms with Gasteiger partial charge in [0, 0.05) is 11.1 Å². The van der Waals surface area contributed by atoms with E-state index in [-0.39, 0.29) is 23.4 Å². The van der Waals surface area contributed by atoms with Crippen LogP contribution in [-0.4, -0.2) is 25.9 Å². The van der Waals surface area contributed by atoms with E-state index in [0.29, 0.717) is 22.0 Å². The van der Waals surface area contributed by atoms with Gasteiger partial charge in [0.1, 0.15) is 12.4 Å². The van der Waals surface area contributed by atoms with Crippen LogP contribution in [0.4, 0.5) is 5.82 Å². The molecule has 3 aromatic heterocycles. The van der Waals surface area contributed by atoms with Crippen LogP contribution >= 0.6 is 11.3 Å². The number of rotatable bonds is 3.